The van der Waals surface area contributed by atoms with Crippen LogP contribution in [0, 0.1) is 0 Å². The molecule has 0 saturated heterocycles. The Morgan fingerprint density at radius 2 is 2.21 bits per heavy atom. The molecule has 0 aliphatic heterocycles. The molecule has 0 saturated carbocycles. The molecular formula is C11H19NO2. The molecule has 3 heteroatoms. The van der Waals surface area contributed by atoms with Gasteiger partial charge in [-0.2, -0.15) is 0 Å². The van der Waals surface area contributed by atoms with Gasteiger partial charge in [0.25, 0.3) is 0 Å². The molecule has 0 aliphatic rings. The number of methoxy groups -OCH3 is 1. The van der Waals surface area contributed by atoms with E-state index in [1.165, 1.54) is 0 Å². The maximum atomic E-state index is 5.90. The molecule has 80 valence electrons. The summed E-state index contributed by atoms with van der Waals surface area (Å²) in [6, 6.07) is 1.95. The number of hydrogen-bond donors (Lipinski definition) is 1. The largest absolute Gasteiger partial charge is 0.469 e. The molecule has 1 rings (SSSR count). The highest BCUT2D eigenvalue weighted by molar-refractivity contribution is 5.16. The monoisotopic (exact) mass is 197 g/mol. The molecule has 1 aromatic rings. The first-order valence-corrected chi connectivity index (χ1v) is 4.86. The normalized spacial score (nSPS) is 12.0. The van der Waals surface area contributed by atoms with E-state index in [0.717, 1.165) is 24.2 Å². The van der Waals surface area contributed by atoms with E-state index in [9.17, 15) is 0 Å². The Bertz CT molecular complexity index is 273. The fourth-order valence-corrected chi connectivity index (χ4v) is 1.31. The molecule has 0 radical (unpaired) electrons. The number of nitrogens with two attached hydrogens (primary N) is 1. The Kier molecular flexibility index (Phi) is 3.72. The van der Waals surface area contributed by atoms with Crippen molar-refractivity contribution < 1.29 is 9.15 Å². The van der Waals surface area contributed by atoms with Crippen molar-refractivity contribution in [2.45, 2.75) is 38.8 Å². The number of hydrogen-bond acceptors (Lipinski definition) is 3. The third kappa shape index (κ3) is 3.52. The lowest BCUT2D eigenvalue weighted by Gasteiger charge is -2.17. The molecule has 0 spiro atoms. The molecule has 0 atom stereocenters. The Labute approximate surface area is 85.2 Å². The first-order chi connectivity index (χ1) is 6.53. The first-order valence-electron chi connectivity index (χ1n) is 4.86. The molecule has 14 heavy (non-hydrogen) atoms. The summed E-state index contributed by atoms with van der Waals surface area (Å²) in [6.07, 6.45) is 3.49. The van der Waals surface area contributed by atoms with Gasteiger partial charge in [0.1, 0.15) is 5.76 Å². The van der Waals surface area contributed by atoms with Crippen LogP contribution in [0.3, 0.4) is 0 Å². The lowest BCUT2D eigenvalue weighted by atomic mass is 9.98. The van der Waals surface area contributed by atoms with E-state index >= 15 is 0 Å². The molecule has 0 fully saturated rings. The Morgan fingerprint density at radius 1 is 1.50 bits per heavy atom. The molecule has 0 bridgehead atoms. The van der Waals surface area contributed by atoms with Crippen LogP contribution in [0.1, 0.15) is 31.6 Å². The van der Waals surface area contributed by atoms with Crippen molar-refractivity contribution in [3.05, 3.63) is 23.7 Å². The summed E-state index contributed by atoms with van der Waals surface area (Å²) >= 11 is 0. The van der Waals surface area contributed by atoms with E-state index in [4.69, 9.17) is 14.9 Å². The minimum Gasteiger partial charge on any atom is -0.469 e. The van der Waals surface area contributed by atoms with Gasteiger partial charge < -0.3 is 14.9 Å². The van der Waals surface area contributed by atoms with Gasteiger partial charge in [0.05, 0.1) is 12.9 Å². The van der Waals surface area contributed by atoms with Crippen molar-refractivity contribution in [1.29, 1.82) is 0 Å². The van der Waals surface area contributed by atoms with Gasteiger partial charge in [0, 0.05) is 24.6 Å². The van der Waals surface area contributed by atoms with Crippen LogP contribution < -0.4 is 5.73 Å². The average molecular weight is 197 g/mol. The third-order valence-electron chi connectivity index (χ3n) is 2.13. The maximum absolute atomic E-state index is 5.90. The summed E-state index contributed by atoms with van der Waals surface area (Å²) < 4.78 is 10.4. The van der Waals surface area contributed by atoms with Crippen LogP contribution in [0.25, 0.3) is 0 Å². The zero-order valence-electron chi connectivity index (χ0n) is 9.17. The van der Waals surface area contributed by atoms with Crippen LogP contribution in [-0.2, 0) is 17.8 Å². The van der Waals surface area contributed by atoms with Gasteiger partial charge in [0.15, 0.2) is 0 Å². The summed E-state index contributed by atoms with van der Waals surface area (Å²) in [4.78, 5) is 0. The van der Waals surface area contributed by atoms with Gasteiger partial charge >= 0.3 is 0 Å². The van der Waals surface area contributed by atoms with E-state index in [1.54, 1.807) is 13.4 Å². The van der Waals surface area contributed by atoms with Crippen molar-refractivity contribution in [3.8, 4) is 0 Å². The van der Waals surface area contributed by atoms with E-state index < -0.39 is 0 Å². The van der Waals surface area contributed by atoms with Crippen molar-refractivity contribution in [2.24, 2.45) is 5.73 Å². The van der Waals surface area contributed by atoms with Crippen LogP contribution in [0.4, 0.5) is 0 Å². The SMILES string of the molecule is COCc1ccoc1CCC(C)(C)N. The minimum atomic E-state index is -0.142. The number of rotatable bonds is 5. The van der Waals surface area contributed by atoms with Gasteiger partial charge in [-0.25, -0.2) is 0 Å². The van der Waals surface area contributed by atoms with Crippen molar-refractivity contribution >= 4 is 0 Å². The predicted molar refractivity (Wildman–Crippen MR) is 56.0 cm³/mol. The van der Waals surface area contributed by atoms with Gasteiger partial charge in [-0.15, -0.1) is 0 Å². The van der Waals surface area contributed by atoms with Gasteiger partial charge in [0.2, 0.25) is 0 Å². The summed E-state index contributed by atoms with van der Waals surface area (Å²) in [5.74, 6) is 0.991. The maximum Gasteiger partial charge on any atom is 0.109 e. The Balaban J connectivity index is 2.53. The van der Waals surface area contributed by atoms with E-state index in [1.807, 2.05) is 19.9 Å². The van der Waals surface area contributed by atoms with Crippen LogP contribution >= 0.6 is 0 Å². The molecule has 3 nitrogen and oxygen atoms in total. The van der Waals surface area contributed by atoms with Gasteiger partial charge in [-0.1, -0.05) is 0 Å². The zero-order chi connectivity index (χ0) is 10.6. The fraction of sp³-hybridized carbons (Fsp3) is 0.636. The van der Waals surface area contributed by atoms with Gasteiger partial charge in [-0.3, -0.25) is 0 Å². The highest BCUT2D eigenvalue weighted by Crippen LogP contribution is 2.16. The molecular weight excluding hydrogens is 178 g/mol. The molecule has 0 amide bonds. The second-order valence-corrected chi connectivity index (χ2v) is 4.29. The highest BCUT2D eigenvalue weighted by Gasteiger charge is 2.13. The lowest BCUT2D eigenvalue weighted by molar-refractivity contribution is 0.182. The lowest BCUT2D eigenvalue weighted by Crippen LogP contribution is -2.32. The summed E-state index contributed by atoms with van der Waals surface area (Å²) in [6.45, 7) is 4.65. The topological polar surface area (TPSA) is 48.4 Å². The van der Waals surface area contributed by atoms with Crippen LogP contribution in [0.2, 0.25) is 0 Å². The third-order valence-corrected chi connectivity index (χ3v) is 2.13. The molecule has 0 aliphatic carbocycles. The number of ether oxygens (including phenoxy) is 1. The fourth-order valence-electron chi connectivity index (χ4n) is 1.31. The van der Waals surface area contributed by atoms with E-state index in [-0.39, 0.29) is 5.54 Å². The summed E-state index contributed by atoms with van der Waals surface area (Å²) in [7, 11) is 1.68. The van der Waals surface area contributed by atoms with Crippen LogP contribution in [0.15, 0.2) is 16.7 Å². The second-order valence-electron chi connectivity index (χ2n) is 4.29. The zero-order valence-corrected chi connectivity index (χ0v) is 9.17. The number of furan rings is 1. The Hall–Kier alpha value is -0.800. The minimum absolute atomic E-state index is 0.142. The molecule has 0 unspecified atom stereocenters. The smallest absolute Gasteiger partial charge is 0.109 e. The predicted octanol–water partition coefficient (Wildman–Crippen LogP) is 2.10. The molecule has 0 aromatic carbocycles. The Morgan fingerprint density at radius 3 is 2.79 bits per heavy atom. The van der Waals surface area contributed by atoms with Crippen LogP contribution in [0.5, 0.6) is 0 Å². The van der Waals surface area contributed by atoms with Crippen molar-refractivity contribution in [1.82, 2.24) is 0 Å². The van der Waals surface area contributed by atoms with Crippen molar-refractivity contribution in [2.75, 3.05) is 7.11 Å². The van der Waals surface area contributed by atoms with E-state index in [0.29, 0.717) is 6.61 Å². The average Bonchev–Trinajstić information content (AvgIpc) is 2.48. The quantitative estimate of drug-likeness (QED) is 0.786. The van der Waals surface area contributed by atoms with Gasteiger partial charge in [-0.05, 0) is 26.3 Å². The molecule has 1 heterocycles. The highest BCUT2D eigenvalue weighted by atomic mass is 16.5. The first kappa shape index (κ1) is 11.3. The van der Waals surface area contributed by atoms with E-state index in [2.05, 4.69) is 0 Å². The second kappa shape index (κ2) is 4.62. The standard InChI is InChI=1S/C11H19NO2/c1-11(2,12)6-4-10-9(8-13-3)5-7-14-10/h5,7H,4,6,8,12H2,1-3H3. The number of aryl methyl sites for hydroxylation is 1. The summed E-state index contributed by atoms with van der Waals surface area (Å²) in [5.41, 5.74) is 6.88. The molecule has 2 N–H and O–H groups in total. The van der Waals surface area contributed by atoms with Crippen LogP contribution in [-0.4, -0.2) is 12.6 Å². The summed E-state index contributed by atoms with van der Waals surface area (Å²) in [5, 5.41) is 0. The molecule has 1 aromatic heterocycles. The van der Waals surface area contributed by atoms with Crippen molar-refractivity contribution in [3.63, 3.8) is 0 Å².